The molecule has 3 rings (SSSR count). The van der Waals surface area contributed by atoms with Crippen molar-refractivity contribution in [3.63, 3.8) is 0 Å². The van der Waals surface area contributed by atoms with Crippen molar-refractivity contribution in [1.29, 1.82) is 0 Å². The topological polar surface area (TPSA) is 29.9 Å². The van der Waals surface area contributed by atoms with E-state index in [0.717, 1.165) is 12.5 Å². The molecule has 1 aliphatic carbocycles. The van der Waals surface area contributed by atoms with E-state index in [0.29, 0.717) is 11.5 Å². The predicted octanol–water partition coefficient (Wildman–Crippen LogP) is 1.87. The molecule has 0 saturated heterocycles. The molecule has 0 bridgehead atoms. The number of imidazole rings is 1. The average Bonchev–Trinajstić information content (AvgIpc) is 2.74. The predicted molar refractivity (Wildman–Crippen MR) is 51.6 cm³/mol. The lowest BCUT2D eigenvalue weighted by molar-refractivity contribution is 0.392. The molecule has 0 spiro atoms. The summed E-state index contributed by atoms with van der Waals surface area (Å²) in [6.07, 6.45) is 7.93. The molecule has 1 aromatic heterocycles. The maximum atomic E-state index is 4.30. The third-order valence-electron chi connectivity index (χ3n) is 3.56. The molecule has 1 saturated carbocycles. The van der Waals surface area contributed by atoms with E-state index in [-0.39, 0.29) is 0 Å². The second kappa shape index (κ2) is 2.28. The fourth-order valence-corrected chi connectivity index (χ4v) is 2.19. The van der Waals surface area contributed by atoms with Gasteiger partial charge in [0, 0.05) is 25.0 Å². The SMILES string of the molecule is CC1(C2CCn3ccnc3N2)CC1. The molecule has 1 atom stereocenters. The minimum atomic E-state index is 0.567. The maximum absolute atomic E-state index is 4.30. The number of anilines is 1. The van der Waals surface area contributed by atoms with Gasteiger partial charge in [0.1, 0.15) is 0 Å². The molecule has 3 heteroatoms. The maximum Gasteiger partial charge on any atom is 0.203 e. The molecule has 0 radical (unpaired) electrons. The van der Waals surface area contributed by atoms with E-state index in [4.69, 9.17) is 0 Å². The van der Waals surface area contributed by atoms with Crippen LogP contribution in [0.3, 0.4) is 0 Å². The van der Waals surface area contributed by atoms with Gasteiger partial charge < -0.3 is 9.88 Å². The van der Waals surface area contributed by atoms with Crippen molar-refractivity contribution in [2.24, 2.45) is 5.41 Å². The Morgan fingerprint density at radius 1 is 1.62 bits per heavy atom. The number of fused-ring (bicyclic) bond motifs is 1. The summed E-state index contributed by atoms with van der Waals surface area (Å²) in [5.41, 5.74) is 0.567. The molecule has 0 aromatic carbocycles. The summed E-state index contributed by atoms with van der Waals surface area (Å²) in [6, 6.07) is 0.655. The summed E-state index contributed by atoms with van der Waals surface area (Å²) < 4.78 is 2.20. The summed E-state index contributed by atoms with van der Waals surface area (Å²) in [5.74, 6) is 1.06. The zero-order valence-electron chi connectivity index (χ0n) is 7.95. The Bertz CT molecular complexity index is 325. The Kier molecular flexibility index (Phi) is 1.30. The highest BCUT2D eigenvalue weighted by Crippen LogP contribution is 2.50. The van der Waals surface area contributed by atoms with Crippen molar-refractivity contribution >= 4 is 5.95 Å². The molecule has 3 nitrogen and oxygen atoms in total. The van der Waals surface area contributed by atoms with Gasteiger partial charge in [0.15, 0.2) is 0 Å². The first-order valence-electron chi connectivity index (χ1n) is 5.06. The van der Waals surface area contributed by atoms with E-state index in [1.165, 1.54) is 19.3 Å². The fourth-order valence-electron chi connectivity index (χ4n) is 2.19. The summed E-state index contributed by atoms with van der Waals surface area (Å²) in [5, 5.41) is 3.53. The number of aryl methyl sites for hydroxylation is 1. The van der Waals surface area contributed by atoms with Crippen LogP contribution in [0.25, 0.3) is 0 Å². The summed E-state index contributed by atoms with van der Waals surface area (Å²) in [7, 11) is 0. The average molecular weight is 177 g/mol. The van der Waals surface area contributed by atoms with Crippen LogP contribution in [-0.4, -0.2) is 15.6 Å². The molecule has 1 aliphatic heterocycles. The highest BCUT2D eigenvalue weighted by Gasteiger charge is 2.45. The van der Waals surface area contributed by atoms with Crippen molar-refractivity contribution in [1.82, 2.24) is 9.55 Å². The standard InChI is InChI=1S/C10H15N3/c1-10(3-4-10)8-2-6-13-7-5-11-9(13)12-8/h5,7-8H,2-4,6H2,1H3,(H,11,12). The van der Waals surface area contributed by atoms with Crippen LogP contribution < -0.4 is 5.32 Å². The van der Waals surface area contributed by atoms with Crippen LogP contribution in [0.2, 0.25) is 0 Å². The van der Waals surface area contributed by atoms with Crippen LogP contribution in [0.4, 0.5) is 5.95 Å². The lowest BCUT2D eigenvalue weighted by Crippen LogP contribution is -2.35. The van der Waals surface area contributed by atoms with Gasteiger partial charge in [-0.25, -0.2) is 4.98 Å². The number of hydrogen-bond donors (Lipinski definition) is 1. The summed E-state index contributed by atoms with van der Waals surface area (Å²) >= 11 is 0. The van der Waals surface area contributed by atoms with Crippen LogP contribution in [-0.2, 0) is 6.54 Å². The van der Waals surface area contributed by atoms with Gasteiger partial charge in [-0.2, -0.15) is 0 Å². The Morgan fingerprint density at radius 3 is 3.23 bits per heavy atom. The molecule has 2 aliphatic rings. The Morgan fingerprint density at radius 2 is 2.46 bits per heavy atom. The van der Waals surface area contributed by atoms with Gasteiger partial charge in [0.2, 0.25) is 5.95 Å². The highest BCUT2D eigenvalue weighted by atomic mass is 15.2. The molecule has 0 amide bonds. The van der Waals surface area contributed by atoms with E-state index in [2.05, 4.69) is 21.8 Å². The summed E-state index contributed by atoms with van der Waals surface area (Å²) in [4.78, 5) is 4.30. The highest BCUT2D eigenvalue weighted by molar-refractivity contribution is 5.32. The van der Waals surface area contributed by atoms with Crippen molar-refractivity contribution < 1.29 is 0 Å². The lowest BCUT2D eigenvalue weighted by Gasteiger charge is -2.30. The Hall–Kier alpha value is -0.990. The van der Waals surface area contributed by atoms with E-state index < -0.39 is 0 Å². The molecule has 70 valence electrons. The van der Waals surface area contributed by atoms with Gasteiger partial charge in [-0.3, -0.25) is 0 Å². The number of nitrogens with zero attached hydrogens (tertiary/aromatic N) is 2. The van der Waals surface area contributed by atoms with Gasteiger partial charge in [-0.15, -0.1) is 0 Å². The smallest absolute Gasteiger partial charge is 0.203 e. The molecule has 1 N–H and O–H groups in total. The third-order valence-corrected chi connectivity index (χ3v) is 3.56. The molecule has 1 aromatic rings. The zero-order valence-corrected chi connectivity index (χ0v) is 7.95. The molecular weight excluding hydrogens is 162 g/mol. The van der Waals surface area contributed by atoms with Crippen molar-refractivity contribution in [3.8, 4) is 0 Å². The van der Waals surface area contributed by atoms with Gasteiger partial charge in [-0.1, -0.05) is 6.92 Å². The fraction of sp³-hybridized carbons (Fsp3) is 0.700. The number of aromatic nitrogens is 2. The first-order valence-corrected chi connectivity index (χ1v) is 5.06. The first kappa shape index (κ1) is 7.42. The zero-order chi connectivity index (χ0) is 8.89. The van der Waals surface area contributed by atoms with Crippen molar-refractivity contribution in [2.75, 3.05) is 5.32 Å². The van der Waals surface area contributed by atoms with Gasteiger partial charge in [0.05, 0.1) is 0 Å². The number of nitrogens with one attached hydrogen (secondary N) is 1. The number of hydrogen-bond acceptors (Lipinski definition) is 2. The lowest BCUT2D eigenvalue weighted by atomic mass is 9.95. The van der Waals surface area contributed by atoms with E-state index in [1.54, 1.807) is 0 Å². The van der Waals surface area contributed by atoms with Gasteiger partial charge in [-0.05, 0) is 24.7 Å². The van der Waals surface area contributed by atoms with Crippen molar-refractivity contribution in [3.05, 3.63) is 12.4 Å². The molecule has 1 unspecified atom stereocenters. The second-order valence-corrected chi connectivity index (χ2v) is 4.58. The Labute approximate surface area is 78.2 Å². The number of rotatable bonds is 1. The molecule has 1 fully saturated rings. The molecular formula is C10H15N3. The van der Waals surface area contributed by atoms with Gasteiger partial charge >= 0.3 is 0 Å². The quantitative estimate of drug-likeness (QED) is 0.709. The Balaban J connectivity index is 1.84. The van der Waals surface area contributed by atoms with Crippen LogP contribution in [0.5, 0.6) is 0 Å². The normalized spacial score (nSPS) is 29.2. The van der Waals surface area contributed by atoms with Crippen LogP contribution in [0, 0.1) is 5.41 Å². The van der Waals surface area contributed by atoms with E-state index in [9.17, 15) is 0 Å². The monoisotopic (exact) mass is 177 g/mol. The van der Waals surface area contributed by atoms with Crippen LogP contribution in [0.15, 0.2) is 12.4 Å². The van der Waals surface area contributed by atoms with Gasteiger partial charge in [0.25, 0.3) is 0 Å². The second-order valence-electron chi connectivity index (χ2n) is 4.58. The first-order chi connectivity index (χ1) is 6.28. The minimum absolute atomic E-state index is 0.567. The molecule has 13 heavy (non-hydrogen) atoms. The van der Waals surface area contributed by atoms with Crippen LogP contribution in [0.1, 0.15) is 26.2 Å². The molecule has 2 heterocycles. The largest absolute Gasteiger partial charge is 0.352 e. The van der Waals surface area contributed by atoms with Crippen LogP contribution >= 0.6 is 0 Å². The minimum Gasteiger partial charge on any atom is -0.352 e. The van der Waals surface area contributed by atoms with E-state index in [1.807, 2.05) is 12.4 Å². The van der Waals surface area contributed by atoms with E-state index >= 15 is 0 Å². The third kappa shape index (κ3) is 1.06. The van der Waals surface area contributed by atoms with Crippen molar-refractivity contribution in [2.45, 2.75) is 38.8 Å². The summed E-state index contributed by atoms with van der Waals surface area (Å²) in [6.45, 7) is 3.51.